The minimum absolute atomic E-state index is 0.562. The fraction of sp³-hybridized carbons (Fsp3) is 0.778. The van der Waals surface area contributed by atoms with Gasteiger partial charge in [0.1, 0.15) is 0 Å². The smallest absolute Gasteiger partial charge is 0.0944 e. The minimum Gasteiger partial charge on any atom is -0.368 e. The Morgan fingerprint density at radius 1 is 1.55 bits per heavy atom. The third-order valence-electron chi connectivity index (χ3n) is 2.48. The molecule has 1 aliphatic rings. The summed E-state index contributed by atoms with van der Waals surface area (Å²) in [6.45, 7) is 11.7. The molecule has 0 saturated carbocycles. The quantitative estimate of drug-likeness (QED) is 0.649. The molecule has 1 fully saturated rings. The number of likely N-dealkylation sites (N-methyl/N-ethyl adjacent to an activating group) is 1. The van der Waals surface area contributed by atoms with E-state index in [1.165, 1.54) is 6.42 Å². The zero-order valence-electron chi connectivity index (χ0n) is 7.72. The van der Waals surface area contributed by atoms with Crippen molar-refractivity contribution in [3.63, 3.8) is 0 Å². The number of rotatable bonds is 2. The average Bonchev–Trinajstić information content (AvgIpc) is 2.24. The topological polar surface area (TPSA) is 15.3 Å². The van der Waals surface area contributed by atoms with Crippen LogP contribution in [0.4, 0.5) is 0 Å². The molecule has 2 nitrogen and oxygen atoms in total. The van der Waals surface area contributed by atoms with Crippen LogP contribution in [0.3, 0.4) is 0 Å². The van der Waals surface area contributed by atoms with Gasteiger partial charge in [0, 0.05) is 18.6 Å². The van der Waals surface area contributed by atoms with Gasteiger partial charge in [-0.25, -0.2) is 0 Å². The van der Waals surface area contributed by atoms with Crippen LogP contribution in [0.25, 0.3) is 0 Å². The maximum absolute atomic E-state index is 3.97. The van der Waals surface area contributed by atoms with Crippen molar-refractivity contribution < 1.29 is 0 Å². The van der Waals surface area contributed by atoms with Crippen LogP contribution < -0.4 is 5.32 Å². The standard InChI is InChI=1S/C9H18N2/c1-5-9-7(3)10-8(4)11(9)6-2/h7,9-10H,4-6H2,1-3H3/t7-,9+/m0/s1. The normalized spacial score (nSPS) is 30.8. The molecule has 0 radical (unpaired) electrons. The van der Waals surface area contributed by atoms with Crippen molar-refractivity contribution in [2.24, 2.45) is 0 Å². The molecule has 0 aromatic rings. The summed E-state index contributed by atoms with van der Waals surface area (Å²) in [7, 11) is 0. The summed E-state index contributed by atoms with van der Waals surface area (Å²) in [5.41, 5.74) is 0. The molecule has 1 aliphatic heterocycles. The van der Waals surface area contributed by atoms with Gasteiger partial charge in [-0.1, -0.05) is 13.5 Å². The fourth-order valence-corrected chi connectivity index (χ4v) is 1.91. The highest BCUT2D eigenvalue weighted by atomic mass is 15.3. The molecular formula is C9H18N2. The lowest BCUT2D eigenvalue weighted by atomic mass is 10.1. The highest BCUT2D eigenvalue weighted by Gasteiger charge is 2.29. The van der Waals surface area contributed by atoms with Crippen molar-refractivity contribution in [1.82, 2.24) is 10.2 Å². The molecule has 0 bridgehead atoms. The highest BCUT2D eigenvalue weighted by molar-refractivity contribution is 5.05. The van der Waals surface area contributed by atoms with Crippen LogP contribution in [-0.4, -0.2) is 23.5 Å². The summed E-state index contributed by atoms with van der Waals surface area (Å²) in [6.07, 6.45) is 1.20. The largest absolute Gasteiger partial charge is 0.368 e. The fourth-order valence-electron chi connectivity index (χ4n) is 1.91. The molecule has 0 aromatic carbocycles. The molecule has 0 amide bonds. The Bertz CT molecular complexity index is 154. The first-order valence-corrected chi connectivity index (χ1v) is 4.42. The van der Waals surface area contributed by atoms with E-state index in [0.717, 1.165) is 12.4 Å². The molecule has 1 saturated heterocycles. The van der Waals surface area contributed by atoms with Crippen LogP contribution in [-0.2, 0) is 0 Å². The van der Waals surface area contributed by atoms with Gasteiger partial charge in [0.2, 0.25) is 0 Å². The van der Waals surface area contributed by atoms with E-state index in [9.17, 15) is 0 Å². The van der Waals surface area contributed by atoms with E-state index in [1.54, 1.807) is 0 Å². The molecular weight excluding hydrogens is 136 g/mol. The van der Waals surface area contributed by atoms with Crippen molar-refractivity contribution in [2.75, 3.05) is 6.54 Å². The lowest BCUT2D eigenvalue weighted by Crippen LogP contribution is -2.33. The van der Waals surface area contributed by atoms with Crippen LogP contribution in [0, 0.1) is 0 Å². The third kappa shape index (κ3) is 1.35. The number of nitrogens with zero attached hydrogens (tertiary/aromatic N) is 1. The van der Waals surface area contributed by atoms with E-state index in [0.29, 0.717) is 12.1 Å². The molecule has 11 heavy (non-hydrogen) atoms. The molecule has 0 unspecified atom stereocenters. The van der Waals surface area contributed by atoms with Crippen molar-refractivity contribution in [3.8, 4) is 0 Å². The SMILES string of the molecule is C=C1N[C@@H](C)[C@@H](CC)N1CC. The predicted molar refractivity (Wildman–Crippen MR) is 48.2 cm³/mol. The second kappa shape index (κ2) is 3.16. The molecule has 1 rings (SSSR count). The van der Waals surface area contributed by atoms with E-state index in [-0.39, 0.29) is 0 Å². The Morgan fingerprint density at radius 2 is 2.18 bits per heavy atom. The maximum atomic E-state index is 3.97. The second-order valence-electron chi connectivity index (χ2n) is 3.14. The summed E-state index contributed by atoms with van der Waals surface area (Å²) < 4.78 is 0. The first-order valence-electron chi connectivity index (χ1n) is 4.42. The predicted octanol–water partition coefficient (Wildman–Crippen LogP) is 1.55. The van der Waals surface area contributed by atoms with Gasteiger partial charge in [0.25, 0.3) is 0 Å². The molecule has 2 atom stereocenters. The van der Waals surface area contributed by atoms with E-state index in [2.05, 4.69) is 37.6 Å². The van der Waals surface area contributed by atoms with Gasteiger partial charge in [-0.3, -0.25) is 0 Å². The van der Waals surface area contributed by atoms with Crippen LogP contribution in [0.1, 0.15) is 27.2 Å². The van der Waals surface area contributed by atoms with Gasteiger partial charge in [0.05, 0.1) is 5.82 Å². The lowest BCUT2D eigenvalue weighted by Gasteiger charge is -2.24. The summed E-state index contributed by atoms with van der Waals surface area (Å²) in [5.74, 6) is 1.09. The minimum atomic E-state index is 0.562. The van der Waals surface area contributed by atoms with Gasteiger partial charge in [-0.05, 0) is 20.3 Å². The van der Waals surface area contributed by atoms with Gasteiger partial charge >= 0.3 is 0 Å². The van der Waals surface area contributed by atoms with E-state index in [1.807, 2.05) is 0 Å². The van der Waals surface area contributed by atoms with Gasteiger partial charge in [-0.2, -0.15) is 0 Å². The summed E-state index contributed by atoms with van der Waals surface area (Å²) in [6, 6.07) is 1.21. The molecule has 1 heterocycles. The maximum Gasteiger partial charge on any atom is 0.0944 e. The Morgan fingerprint density at radius 3 is 2.55 bits per heavy atom. The zero-order chi connectivity index (χ0) is 8.43. The molecule has 0 spiro atoms. The summed E-state index contributed by atoms with van der Waals surface area (Å²) in [4.78, 5) is 2.34. The molecule has 1 N–H and O–H groups in total. The first kappa shape index (κ1) is 8.44. The van der Waals surface area contributed by atoms with E-state index >= 15 is 0 Å². The molecule has 0 aromatic heterocycles. The van der Waals surface area contributed by atoms with Crippen LogP contribution in [0.5, 0.6) is 0 Å². The molecule has 2 heteroatoms. The second-order valence-corrected chi connectivity index (χ2v) is 3.14. The van der Waals surface area contributed by atoms with Crippen molar-refractivity contribution >= 4 is 0 Å². The van der Waals surface area contributed by atoms with Gasteiger partial charge in [0.15, 0.2) is 0 Å². The number of hydrogen-bond acceptors (Lipinski definition) is 2. The third-order valence-corrected chi connectivity index (χ3v) is 2.48. The van der Waals surface area contributed by atoms with Gasteiger partial charge < -0.3 is 10.2 Å². The average molecular weight is 154 g/mol. The van der Waals surface area contributed by atoms with Crippen LogP contribution in [0.2, 0.25) is 0 Å². The Kier molecular flexibility index (Phi) is 2.42. The van der Waals surface area contributed by atoms with Crippen LogP contribution >= 0.6 is 0 Å². The van der Waals surface area contributed by atoms with Crippen molar-refractivity contribution in [2.45, 2.75) is 39.3 Å². The number of nitrogens with one attached hydrogen (secondary N) is 1. The van der Waals surface area contributed by atoms with Gasteiger partial charge in [-0.15, -0.1) is 0 Å². The lowest BCUT2D eigenvalue weighted by molar-refractivity contribution is 0.289. The first-order chi connectivity index (χ1) is 5.20. The van der Waals surface area contributed by atoms with E-state index < -0.39 is 0 Å². The van der Waals surface area contributed by atoms with Crippen LogP contribution in [0.15, 0.2) is 12.4 Å². The van der Waals surface area contributed by atoms with Crippen molar-refractivity contribution in [1.29, 1.82) is 0 Å². The number of hydrogen-bond donors (Lipinski definition) is 1. The summed E-state index contributed by atoms with van der Waals surface area (Å²) in [5, 5.41) is 3.35. The summed E-state index contributed by atoms with van der Waals surface area (Å²) >= 11 is 0. The zero-order valence-corrected chi connectivity index (χ0v) is 7.72. The Hall–Kier alpha value is -0.660. The van der Waals surface area contributed by atoms with E-state index in [4.69, 9.17) is 0 Å². The highest BCUT2D eigenvalue weighted by Crippen LogP contribution is 2.20. The molecule has 0 aliphatic carbocycles. The molecule has 64 valence electrons. The Labute approximate surface area is 69.3 Å². The monoisotopic (exact) mass is 154 g/mol. The Balaban J connectivity index is 2.66. The van der Waals surface area contributed by atoms with Crippen molar-refractivity contribution in [3.05, 3.63) is 12.4 Å².